The second-order valence-electron chi connectivity index (χ2n) is 3.18. The van der Waals surface area contributed by atoms with E-state index in [1.54, 1.807) is 0 Å². The molecule has 0 unspecified atom stereocenters. The van der Waals surface area contributed by atoms with Gasteiger partial charge in [0.05, 0.1) is 0 Å². The number of rotatable bonds is 8. The van der Waals surface area contributed by atoms with Crippen LogP contribution in [0.15, 0.2) is 12.2 Å². The Balaban J connectivity index is 2.86. The highest BCUT2D eigenvalue weighted by Gasteiger charge is 1.87. The van der Waals surface area contributed by atoms with Gasteiger partial charge in [-0.25, -0.2) is 0 Å². The molecule has 0 aromatic heterocycles. The molecule has 0 heterocycles. The Kier molecular flexibility index (Phi) is 11.4. The Morgan fingerprint density at radius 1 is 0.917 bits per heavy atom. The molecule has 0 spiro atoms. The molecule has 0 saturated carbocycles. The van der Waals surface area contributed by atoms with Gasteiger partial charge in [-0.15, -0.1) is 0 Å². The maximum absolute atomic E-state index is 3.37. The number of halogens is 1. The lowest BCUT2D eigenvalue weighted by atomic mass is 10.1. The monoisotopic (exact) mass is 232 g/mol. The summed E-state index contributed by atoms with van der Waals surface area (Å²) in [6.45, 7) is 2.26. The van der Waals surface area contributed by atoms with Crippen LogP contribution in [0, 0.1) is 0 Å². The second-order valence-corrected chi connectivity index (χ2v) is 3.83. The van der Waals surface area contributed by atoms with Crippen LogP contribution in [0.2, 0.25) is 0 Å². The number of hydrogen-bond acceptors (Lipinski definition) is 0. The molecule has 0 N–H and O–H groups in total. The van der Waals surface area contributed by atoms with Crippen molar-refractivity contribution < 1.29 is 0 Å². The normalized spacial score (nSPS) is 11.2. The summed E-state index contributed by atoms with van der Waals surface area (Å²) in [6, 6.07) is 0. The van der Waals surface area contributed by atoms with E-state index < -0.39 is 0 Å². The molecule has 0 bridgehead atoms. The van der Waals surface area contributed by atoms with E-state index in [1.807, 2.05) is 0 Å². The molecule has 0 fully saturated rings. The van der Waals surface area contributed by atoms with Gasteiger partial charge in [-0.2, -0.15) is 0 Å². The molecule has 0 aliphatic rings. The molecule has 72 valence electrons. The van der Waals surface area contributed by atoms with Gasteiger partial charge in [0.15, 0.2) is 0 Å². The predicted molar refractivity (Wildman–Crippen MR) is 60.9 cm³/mol. The van der Waals surface area contributed by atoms with Gasteiger partial charge in [-0.3, -0.25) is 0 Å². The number of hydrogen-bond donors (Lipinski definition) is 0. The van der Waals surface area contributed by atoms with Crippen LogP contribution >= 0.6 is 15.9 Å². The van der Waals surface area contributed by atoms with Crippen molar-refractivity contribution in [3.05, 3.63) is 12.2 Å². The molecule has 1 heteroatoms. The van der Waals surface area contributed by atoms with Crippen LogP contribution in [0.25, 0.3) is 0 Å². The molecular weight excluding hydrogens is 212 g/mol. The summed E-state index contributed by atoms with van der Waals surface area (Å²) in [7, 11) is 0. The topological polar surface area (TPSA) is 0 Å². The van der Waals surface area contributed by atoms with E-state index in [9.17, 15) is 0 Å². The van der Waals surface area contributed by atoms with Crippen molar-refractivity contribution in [1.29, 1.82) is 0 Å². The largest absolute Gasteiger partial charge is 0.0883 e. The highest BCUT2D eigenvalue weighted by atomic mass is 79.9. The van der Waals surface area contributed by atoms with Gasteiger partial charge in [-0.1, -0.05) is 67.1 Å². The molecule has 0 aromatic carbocycles. The summed E-state index contributed by atoms with van der Waals surface area (Å²) in [6.07, 6.45) is 14.1. The minimum Gasteiger partial charge on any atom is -0.0883 e. The van der Waals surface area contributed by atoms with E-state index in [4.69, 9.17) is 0 Å². The van der Waals surface area contributed by atoms with E-state index in [2.05, 4.69) is 35.0 Å². The third-order valence-corrected chi connectivity index (χ3v) is 2.35. The first-order valence-electron chi connectivity index (χ1n) is 5.12. The zero-order valence-corrected chi connectivity index (χ0v) is 9.78. The van der Waals surface area contributed by atoms with Crippen LogP contribution < -0.4 is 0 Å². The van der Waals surface area contributed by atoms with Crippen molar-refractivity contribution >= 4 is 15.9 Å². The zero-order chi connectivity index (χ0) is 9.07. The van der Waals surface area contributed by atoms with E-state index in [0.717, 1.165) is 5.33 Å². The third kappa shape index (κ3) is 10.2. The standard InChI is InChI=1S/C11H21Br/c1-2-3-4-5-6-7-8-9-10-11-12/h9-10H,2-8,11H2,1H3/b10-9-. The molecule has 0 saturated heterocycles. The summed E-state index contributed by atoms with van der Waals surface area (Å²) >= 11 is 3.37. The first-order chi connectivity index (χ1) is 5.91. The van der Waals surface area contributed by atoms with Gasteiger partial charge < -0.3 is 0 Å². The molecular formula is C11H21Br. The maximum Gasteiger partial charge on any atom is 0.0212 e. The SMILES string of the molecule is CCCCCCCC/C=C\CBr. The van der Waals surface area contributed by atoms with E-state index >= 15 is 0 Å². The Morgan fingerprint density at radius 2 is 1.58 bits per heavy atom. The summed E-state index contributed by atoms with van der Waals surface area (Å²) < 4.78 is 0. The molecule has 0 aromatic rings. The number of unbranched alkanes of at least 4 members (excludes halogenated alkanes) is 6. The quantitative estimate of drug-likeness (QED) is 0.324. The van der Waals surface area contributed by atoms with Crippen LogP contribution in [-0.4, -0.2) is 5.33 Å². The zero-order valence-electron chi connectivity index (χ0n) is 8.19. The van der Waals surface area contributed by atoms with Crippen LogP contribution in [0.1, 0.15) is 51.9 Å². The molecule has 0 radical (unpaired) electrons. The third-order valence-electron chi connectivity index (χ3n) is 1.98. The summed E-state index contributed by atoms with van der Waals surface area (Å²) in [5.41, 5.74) is 0. The van der Waals surface area contributed by atoms with Crippen molar-refractivity contribution in [2.45, 2.75) is 51.9 Å². The molecule has 0 amide bonds. The van der Waals surface area contributed by atoms with E-state index in [0.29, 0.717) is 0 Å². The second kappa shape index (κ2) is 11.2. The molecule has 0 aliphatic heterocycles. The predicted octanol–water partition coefficient (Wildman–Crippen LogP) is 4.69. The Morgan fingerprint density at radius 3 is 2.25 bits per heavy atom. The van der Waals surface area contributed by atoms with E-state index in [1.165, 1.54) is 44.9 Å². The average Bonchev–Trinajstić information content (AvgIpc) is 2.10. The summed E-state index contributed by atoms with van der Waals surface area (Å²) in [4.78, 5) is 0. The Labute approximate surface area is 85.6 Å². The van der Waals surface area contributed by atoms with Crippen LogP contribution in [0.5, 0.6) is 0 Å². The van der Waals surface area contributed by atoms with Crippen LogP contribution in [-0.2, 0) is 0 Å². The van der Waals surface area contributed by atoms with Gasteiger partial charge in [0.25, 0.3) is 0 Å². The first-order valence-corrected chi connectivity index (χ1v) is 6.25. The summed E-state index contributed by atoms with van der Waals surface area (Å²) in [5, 5.41) is 1.00. The van der Waals surface area contributed by atoms with Gasteiger partial charge in [0.1, 0.15) is 0 Å². The molecule has 0 rings (SSSR count). The fourth-order valence-corrected chi connectivity index (χ4v) is 1.49. The van der Waals surface area contributed by atoms with Crippen LogP contribution in [0.4, 0.5) is 0 Å². The smallest absolute Gasteiger partial charge is 0.0212 e. The minimum absolute atomic E-state index is 1.00. The lowest BCUT2D eigenvalue weighted by Crippen LogP contribution is -1.77. The Hall–Kier alpha value is 0.220. The van der Waals surface area contributed by atoms with Crippen molar-refractivity contribution in [2.24, 2.45) is 0 Å². The fraction of sp³-hybridized carbons (Fsp3) is 0.818. The maximum atomic E-state index is 3.37. The van der Waals surface area contributed by atoms with Gasteiger partial charge >= 0.3 is 0 Å². The number of alkyl halides is 1. The highest BCUT2D eigenvalue weighted by molar-refractivity contribution is 9.09. The molecule has 0 atom stereocenters. The molecule has 0 nitrogen and oxygen atoms in total. The van der Waals surface area contributed by atoms with Crippen molar-refractivity contribution in [3.63, 3.8) is 0 Å². The van der Waals surface area contributed by atoms with Crippen molar-refractivity contribution in [3.8, 4) is 0 Å². The first kappa shape index (κ1) is 12.2. The molecule has 0 aliphatic carbocycles. The van der Waals surface area contributed by atoms with Gasteiger partial charge in [-0.05, 0) is 12.8 Å². The average molecular weight is 233 g/mol. The summed E-state index contributed by atoms with van der Waals surface area (Å²) in [5.74, 6) is 0. The van der Waals surface area contributed by atoms with E-state index in [-0.39, 0.29) is 0 Å². The van der Waals surface area contributed by atoms with Gasteiger partial charge in [0.2, 0.25) is 0 Å². The Bertz CT molecular complexity index is 97.2. The minimum atomic E-state index is 1.00. The lowest BCUT2D eigenvalue weighted by Gasteiger charge is -1.97. The number of allylic oxidation sites excluding steroid dienone is 2. The van der Waals surface area contributed by atoms with Crippen molar-refractivity contribution in [2.75, 3.05) is 5.33 Å². The highest BCUT2D eigenvalue weighted by Crippen LogP contribution is 2.07. The molecule has 12 heavy (non-hydrogen) atoms. The van der Waals surface area contributed by atoms with Gasteiger partial charge in [0, 0.05) is 5.33 Å². The van der Waals surface area contributed by atoms with Crippen LogP contribution in [0.3, 0.4) is 0 Å². The van der Waals surface area contributed by atoms with Crippen molar-refractivity contribution in [1.82, 2.24) is 0 Å². The lowest BCUT2D eigenvalue weighted by molar-refractivity contribution is 0.611. The fourth-order valence-electron chi connectivity index (χ4n) is 1.22.